The topological polar surface area (TPSA) is 104 Å². The zero-order chi connectivity index (χ0) is 30.9. The van der Waals surface area contributed by atoms with Crippen LogP contribution in [0.1, 0.15) is 48.2 Å². The highest BCUT2D eigenvalue weighted by Gasteiger charge is 2.33. The van der Waals surface area contributed by atoms with E-state index in [0.717, 1.165) is 29.0 Å². The van der Waals surface area contributed by atoms with Crippen LogP contribution in [0.4, 0.5) is 5.69 Å². The minimum atomic E-state index is -3.98. The van der Waals surface area contributed by atoms with Gasteiger partial charge in [-0.25, -0.2) is 8.42 Å². The van der Waals surface area contributed by atoms with Crippen LogP contribution in [0, 0.1) is 0 Å². The number of nitrogens with one attached hydrogen (secondary N) is 1. The summed E-state index contributed by atoms with van der Waals surface area (Å²) in [6, 6.07) is 19.2. The first kappa shape index (κ1) is 33.1. The number of halogens is 2. The van der Waals surface area contributed by atoms with E-state index in [1.54, 1.807) is 30.3 Å². The highest BCUT2D eigenvalue weighted by atomic mass is 35.5. The Morgan fingerprint density at radius 1 is 0.929 bits per heavy atom. The van der Waals surface area contributed by atoms with Crippen LogP contribution < -0.4 is 9.62 Å². The molecule has 0 saturated carbocycles. The zero-order valence-electron chi connectivity index (χ0n) is 23.8. The molecule has 0 aliphatic carbocycles. The molecule has 0 saturated heterocycles. The summed E-state index contributed by atoms with van der Waals surface area (Å²) in [6.45, 7) is 3.04. The van der Waals surface area contributed by atoms with Crippen molar-refractivity contribution < 1.29 is 22.8 Å². The van der Waals surface area contributed by atoms with Crippen LogP contribution in [0.15, 0.2) is 72.8 Å². The highest BCUT2D eigenvalue weighted by Crippen LogP contribution is 2.28. The van der Waals surface area contributed by atoms with Crippen molar-refractivity contribution in [3.63, 3.8) is 0 Å². The molecule has 0 spiro atoms. The molecule has 42 heavy (non-hydrogen) atoms. The number of benzene rings is 3. The minimum Gasteiger partial charge on any atom is -0.354 e. The zero-order valence-corrected chi connectivity index (χ0v) is 26.2. The van der Waals surface area contributed by atoms with E-state index in [2.05, 4.69) is 5.32 Å². The predicted octanol–water partition coefficient (Wildman–Crippen LogP) is 5.52. The van der Waals surface area contributed by atoms with Crippen LogP contribution in [-0.4, -0.2) is 56.3 Å². The standard InChI is InChI=1S/C31H35Cl2N3O5S/c1-4-5-17-34-31(39)29(18-23-11-7-6-8-12-23)35(20-26-27(32)15-10-16-28(26)33)30(38)21-36(42(3,40)41)25-14-9-13-24(19-25)22(2)37/h6-16,19,29H,4-5,17-18,20-21H2,1-3H3,(H,34,39)/t29-/m1/s1. The molecular weight excluding hydrogens is 597 g/mol. The van der Waals surface area contributed by atoms with E-state index in [9.17, 15) is 22.8 Å². The molecule has 0 unspecified atom stereocenters. The molecule has 224 valence electrons. The van der Waals surface area contributed by atoms with Crippen molar-refractivity contribution >= 4 is 56.5 Å². The summed E-state index contributed by atoms with van der Waals surface area (Å²) in [5, 5.41) is 3.53. The number of Topliss-reactive ketones (excluding diaryl/α,β-unsaturated/α-hetero) is 1. The Morgan fingerprint density at radius 2 is 1.57 bits per heavy atom. The summed E-state index contributed by atoms with van der Waals surface area (Å²) in [5.74, 6) is -1.28. The Morgan fingerprint density at radius 3 is 2.17 bits per heavy atom. The minimum absolute atomic E-state index is 0.138. The molecule has 3 aromatic carbocycles. The van der Waals surface area contributed by atoms with Crippen molar-refractivity contribution in [3.05, 3.63) is 99.5 Å². The molecule has 3 aromatic rings. The quantitative estimate of drug-likeness (QED) is 0.186. The fourth-order valence-electron chi connectivity index (χ4n) is 4.41. The van der Waals surface area contributed by atoms with Gasteiger partial charge in [0.2, 0.25) is 21.8 Å². The maximum Gasteiger partial charge on any atom is 0.244 e. The number of hydrogen-bond donors (Lipinski definition) is 1. The molecule has 8 nitrogen and oxygen atoms in total. The number of carbonyl (C=O) groups excluding carboxylic acids is 3. The van der Waals surface area contributed by atoms with E-state index in [0.29, 0.717) is 27.7 Å². The number of nitrogens with zero attached hydrogens (tertiary/aromatic N) is 2. The van der Waals surface area contributed by atoms with Gasteiger partial charge in [0.1, 0.15) is 12.6 Å². The van der Waals surface area contributed by atoms with Crippen LogP contribution >= 0.6 is 23.2 Å². The summed E-state index contributed by atoms with van der Waals surface area (Å²) in [7, 11) is -3.98. The lowest BCUT2D eigenvalue weighted by molar-refractivity contribution is -0.140. The van der Waals surface area contributed by atoms with Gasteiger partial charge >= 0.3 is 0 Å². The third-order valence-electron chi connectivity index (χ3n) is 6.71. The van der Waals surface area contributed by atoms with Gasteiger partial charge in [0.05, 0.1) is 11.9 Å². The number of hydrogen-bond acceptors (Lipinski definition) is 5. The monoisotopic (exact) mass is 631 g/mol. The molecule has 0 fully saturated rings. The first-order chi connectivity index (χ1) is 19.9. The Hall–Kier alpha value is -3.40. The van der Waals surface area contributed by atoms with Crippen molar-refractivity contribution in [1.82, 2.24) is 10.2 Å². The summed E-state index contributed by atoms with van der Waals surface area (Å²) in [5.41, 5.74) is 1.69. The van der Waals surface area contributed by atoms with E-state index in [1.807, 2.05) is 37.3 Å². The fraction of sp³-hybridized carbons (Fsp3) is 0.323. The van der Waals surface area contributed by atoms with Crippen molar-refractivity contribution in [3.8, 4) is 0 Å². The van der Waals surface area contributed by atoms with Crippen molar-refractivity contribution in [2.24, 2.45) is 0 Å². The third-order valence-corrected chi connectivity index (χ3v) is 8.56. The third kappa shape index (κ3) is 9.05. The SMILES string of the molecule is CCCCNC(=O)[C@@H](Cc1ccccc1)N(Cc1c(Cl)cccc1Cl)C(=O)CN(c1cccc(C(C)=O)c1)S(C)(=O)=O. The Bertz CT molecular complexity index is 1500. The van der Waals surface area contributed by atoms with Crippen molar-refractivity contribution in [1.29, 1.82) is 0 Å². The summed E-state index contributed by atoms with van der Waals surface area (Å²) >= 11 is 13.0. The Balaban J connectivity index is 2.10. The van der Waals surface area contributed by atoms with Gasteiger partial charge in [0.15, 0.2) is 5.78 Å². The number of ketones is 1. The van der Waals surface area contributed by atoms with Gasteiger partial charge in [-0.15, -0.1) is 0 Å². The van der Waals surface area contributed by atoms with Gasteiger partial charge in [0.25, 0.3) is 0 Å². The van der Waals surface area contributed by atoms with Crippen LogP contribution in [0.2, 0.25) is 10.0 Å². The number of sulfonamides is 1. The number of amides is 2. The first-order valence-electron chi connectivity index (χ1n) is 13.5. The predicted molar refractivity (Wildman–Crippen MR) is 167 cm³/mol. The number of rotatable bonds is 14. The largest absolute Gasteiger partial charge is 0.354 e. The molecule has 1 N–H and O–H groups in total. The molecule has 0 bridgehead atoms. The average molecular weight is 633 g/mol. The molecule has 0 heterocycles. The van der Waals surface area contributed by atoms with Gasteiger partial charge in [0, 0.05) is 40.7 Å². The van der Waals surface area contributed by atoms with Gasteiger partial charge < -0.3 is 10.2 Å². The van der Waals surface area contributed by atoms with Crippen LogP contribution in [0.3, 0.4) is 0 Å². The van der Waals surface area contributed by atoms with Gasteiger partial charge in [-0.1, -0.05) is 85.1 Å². The van der Waals surface area contributed by atoms with E-state index < -0.39 is 28.5 Å². The van der Waals surface area contributed by atoms with Crippen molar-refractivity contribution in [2.75, 3.05) is 23.7 Å². The highest BCUT2D eigenvalue weighted by molar-refractivity contribution is 7.92. The first-order valence-corrected chi connectivity index (χ1v) is 16.2. The van der Waals surface area contributed by atoms with Gasteiger partial charge in [-0.2, -0.15) is 0 Å². The normalized spacial score (nSPS) is 11.9. The van der Waals surface area contributed by atoms with Crippen LogP contribution in [0.5, 0.6) is 0 Å². The van der Waals surface area contributed by atoms with Crippen LogP contribution in [-0.2, 0) is 32.6 Å². The second-order valence-corrected chi connectivity index (χ2v) is 12.7. The molecule has 0 aromatic heterocycles. The maximum absolute atomic E-state index is 14.2. The number of unbranched alkanes of at least 4 members (excludes halogenated alkanes) is 1. The molecule has 0 aliphatic rings. The average Bonchev–Trinajstić information content (AvgIpc) is 2.95. The Kier molecular flexibility index (Phi) is 12.0. The molecular formula is C31H35Cl2N3O5S. The number of carbonyl (C=O) groups is 3. The van der Waals surface area contributed by atoms with Gasteiger partial charge in [-0.3, -0.25) is 18.7 Å². The van der Waals surface area contributed by atoms with E-state index in [4.69, 9.17) is 23.2 Å². The van der Waals surface area contributed by atoms with Gasteiger partial charge in [-0.05, 0) is 43.2 Å². The lowest BCUT2D eigenvalue weighted by Crippen LogP contribution is -2.53. The molecule has 11 heteroatoms. The summed E-state index contributed by atoms with van der Waals surface area (Å²) in [4.78, 5) is 41.2. The second kappa shape index (κ2) is 15.2. The van der Waals surface area contributed by atoms with Crippen LogP contribution in [0.25, 0.3) is 0 Å². The molecule has 0 radical (unpaired) electrons. The number of anilines is 1. The molecule has 2 amide bonds. The fourth-order valence-corrected chi connectivity index (χ4v) is 5.77. The molecule has 3 rings (SSSR count). The molecule has 1 atom stereocenters. The summed E-state index contributed by atoms with van der Waals surface area (Å²) in [6.07, 6.45) is 2.77. The summed E-state index contributed by atoms with van der Waals surface area (Å²) < 4.78 is 26.8. The second-order valence-electron chi connectivity index (χ2n) is 9.95. The van der Waals surface area contributed by atoms with E-state index in [-0.39, 0.29) is 30.3 Å². The lowest BCUT2D eigenvalue weighted by atomic mass is 10.0. The smallest absolute Gasteiger partial charge is 0.244 e. The van der Waals surface area contributed by atoms with E-state index in [1.165, 1.54) is 24.0 Å². The molecule has 0 aliphatic heterocycles. The lowest BCUT2D eigenvalue weighted by Gasteiger charge is -2.34. The van der Waals surface area contributed by atoms with Crippen molar-refractivity contribution in [2.45, 2.75) is 45.7 Å². The maximum atomic E-state index is 14.2. The van der Waals surface area contributed by atoms with E-state index >= 15 is 0 Å². The Labute approximate surface area is 257 Å².